The predicted molar refractivity (Wildman–Crippen MR) is 136 cm³/mol. The van der Waals surface area contributed by atoms with Crippen molar-refractivity contribution < 1.29 is 38.6 Å². The summed E-state index contributed by atoms with van der Waals surface area (Å²) in [6.45, 7) is -5.29. The average Bonchev–Trinajstić information content (AvgIpc) is 2.90. The smallest absolute Gasteiger partial charge is 0.339 e. The van der Waals surface area contributed by atoms with Gasteiger partial charge >= 0.3 is 5.97 Å². The minimum Gasteiger partial charge on any atom is -0.493 e. The highest BCUT2D eigenvalue weighted by atomic mass is 16.5. The minimum absolute atomic E-state index is 0.0879. The Morgan fingerprint density at radius 2 is 1.91 bits per heavy atom. The highest BCUT2D eigenvalue weighted by Crippen LogP contribution is 2.32. The van der Waals surface area contributed by atoms with E-state index in [2.05, 4.69) is 5.32 Å². The second-order valence-electron chi connectivity index (χ2n) is 8.01. The molecule has 0 spiro atoms. The summed E-state index contributed by atoms with van der Waals surface area (Å²) in [5.74, 6) is -2.82. The van der Waals surface area contributed by atoms with Crippen molar-refractivity contribution >= 4 is 17.6 Å². The van der Waals surface area contributed by atoms with Crippen LogP contribution in [0.4, 0.5) is 5.69 Å². The summed E-state index contributed by atoms with van der Waals surface area (Å²) in [6, 6.07) is 8.00. The molecule has 0 aromatic heterocycles. The van der Waals surface area contributed by atoms with Gasteiger partial charge in [0.05, 0.1) is 21.8 Å². The molecule has 1 saturated heterocycles. The van der Waals surface area contributed by atoms with Gasteiger partial charge in [0, 0.05) is 35.1 Å². The van der Waals surface area contributed by atoms with Gasteiger partial charge in [-0.1, -0.05) is 45.0 Å². The number of para-hydroxylation sites is 1. The van der Waals surface area contributed by atoms with Gasteiger partial charge < -0.3 is 20.1 Å². The van der Waals surface area contributed by atoms with Crippen LogP contribution in [0, 0.1) is 5.92 Å². The van der Waals surface area contributed by atoms with Gasteiger partial charge in [0.1, 0.15) is 11.3 Å². The monoisotopic (exact) mass is 480 g/mol. The standard InChI is InChI=1S/C28H38N2O4/c1-4-16-34-26-18-21(12-13-23(26)28(32)33)19-27(31)29-24(17-20(2)3)22-10-6-7-11-25(22)30-14-8-5-9-15-30/h6-7,10-13,18,20,24H,4-5,8-9,14-17,19H2,1-3H3,(H,29,31)(H,32,33)/t24-/m0/s1/i4D2,5D2,8D2,9D2,14D2,15D2,16D2. The number of benzene rings is 2. The zero-order valence-corrected chi connectivity index (χ0v) is 19.2. The SMILES string of the molecule is [2H]C([2H])(C)C([2H])([2H])Oc1cc(CC(=O)N[C@@H](CC(C)C)c2ccccc2N2C([2H])([2H])C([2H])([2H])C([2H])([2H])C([2H])([2H])C2([2H])[2H])ccc1C(=O)O. The van der Waals surface area contributed by atoms with Crippen molar-refractivity contribution in [2.45, 2.75) is 65.1 Å². The lowest BCUT2D eigenvalue weighted by molar-refractivity contribution is -0.121. The van der Waals surface area contributed by atoms with Crippen LogP contribution in [0.15, 0.2) is 42.5 Å². The molecule has 3 rings (SSSR count). The molecular formula is C28H38N2O4. The lowest BCUT2D eigenvalue weighted by Gasteiger charge is -2.33. The van der Waals surface area contributed by atoms with E-state index in [4.69, 9.17) is 23.9 Å². The number of carboxylic acid groups (broad SMARTS) is 1. The maximum Gasteiger partial charge on any atom is 0.339 e. The van der Waals surface area contributed by atoms with Crippen LogP contribution >= 0.6 is 0 Å². The third-order valence-corrected chi connectivity index (χ3v) is 4.96. The number of nitrogens with one attached hydrogen (secondary N) is 1. The Morgan fingerprint density at radius 3 is 2.59 bits per heavy atom. The normalized spacial score (nSPS) is 29.0. The summed E-state index contributed by atoms with van der Waals surface area (Å²) in [6.07, 6.45) is -13.5. The second-order valence-corrected chi connectivity index (χ2v) is 8.01. The van der Waals surface area contributed by atoms with Gasteiger partial charge in [0.15, 0.2) is 0 Å². The Hall–Kier alpha value is -3.02. The fourth-order valence-corrected chi connectivity index (χ4v) is 3.54. The first kappa shape index (κ1) is 12.6. The van der Waals surface area contributed by atoms with Crippen LogP contribution in [0.3, 0.4) is 0 Å². The molecule has 34 heavy (non-hydrogen) atoms. The zero-order valence-electron chi connectivity index (χ0n) is 33.2. The van der Waals surface area contributed by atoms with E-state index in [9.17, 15) is 14.7 Å². The Morgan fingerprint density at radius 1 is 1.18 bits per heavy atom. The number of nitrogens with zero attached hydrogens (tertiary/aromatic N) is 1. The number of ether oxygens (including phenoxy) is 1. The first-order valence-corrected chi connectivity index (χ1v) is 10.8. The van der Waals surface area contributed by atoms with E-state index in [1.54, 1.807) is 0 Å². The number of anilines is 1. The van der Waals surface area contributed by atoms with Crippen LogP contribution in [-0.4, -0.2) is 36.5 Å². The van der Waals surface area contributed by atoms with Gasteiger partial charge in [-0.25, -0.2) is 4.79 Å². The molecule has 2 aromatic rings. The highest BCUT2D eigenvalue weighted by molar-refractivity contribution is 5.91. The van der Waals surface area contributed by atoms with Crippen LogP contribution in [0.2, 0.25) is 0 Å². The van der Waals surface area contributed by atoms with E-state index >= 15 is 0 Å². The summed E-state index contributed by atoms with van der Waals surface area (Å²) < 4.78 is 120. The van der Waals surface area contributed by atoms with Crippen molar-refractivity contribution in [3.63, 3.8) is 0 Å². The Labute approximate surface area is 223 Å². The molecule has 0 aliphatic carbocycles. The van der Waals surface area contributed by atoms with Crippen LogP contribution in [-0.2, 0) is 11.2 Å². The predicted octanol–water partition coefficient (Wildman–Crippen LogP) is 5.61. The Balaban J connectivity index is 2.07. The van der Waals surface area contributed by atoms with Gasteiger partial charge in [-0.15, -0.1) is 0 Å². The number of carbonyl (C=O) groups is 2. The summed E-state index contributed by atoms with van der Waals surface area (Å²) in [4.78, 5) is 25.5. The molecule has 0 radical (unpaired) electrons. The van der Waals surface area contributed by atoms with Crippen molar-refractivity contribution in [2.75, 3.05) is 24.5 Å². The van der Waals surface area contributed by atoms with Crippen LogP contribution in [0.5, 0.6) is 5.75 Å². The Bertz CT molecular complexity index is 1510. The lowest BCUT2D eigenvalue weighted by atomic mass is 9.94. The van der Waals surface area contributed by atoms with Gasteiger partial charge in [-0.05, 0) is 67.2 Å². The van der Waals surface area contributed by atoms with Crippen molar-refractivity contribution in [3.8, 4) is 5.75 Å². The number of aromatic carboxylic acids is 1. The Kier molecular flexibility index (Phi) is 4.62. The summed E-state index contributed by atoms with van der Waals surface area (Å²) in [5, 5.41) is 12.3. The van der Waals surface area contributed by atoms with E-state index in [1.165, 1.54) is 30.3 Å². The first-order valence-electron chi connectivity index (χ1n) is 17.8. The van der Waals surface area contributed by atoms with E-state index < -0.39 is 80.7 Å². The molecule has 0 unspecified atom stereocenters. The van der Waals surface area contributed by atoms with E-state index in [1.807, 2.05) is 13.8 Å². The van der Waals surface area contributed by atoms with E-state index in [-0.39, 0.29) is 34.1 Å². The second kappa shape index (κ2) is 12.4. The van der Waals surface area contributed by atoms with Gasteiger partial charge in [-0.3, -0.25) is 4.79 Å². The molecule has 6 heteroatoms. The third kappa shape index (κ3) is 6.99. The number of piperidine rings is 1. The number of hydrogen-bond donors (Lipinski definition) is 2. The number of rotatable bonds is 11. The van der Waals surface area contributed by atoms with E-state index in [0.717, 1.165) is 19.1 Å². The molecule has 1 amide bonds. The van der Waals surface area contributed by atoms with Crippen molar-refractivity contribution in [1.82, 2.24) is 5.32 Å². The van der Waals surface area contributed by atoms with Crippen LogP contribution in [0.1, 0.15) is 99.4 Å². The third-order valence-electron chi connectivity index (χ3n) is 4.96. The molecule has 0 bridgehead atoms. The molecule has 1 aliphatic rings. The quantitative estimate of drug-likeness (QED) is 0.437. The zero-order chi connectivity index (χ0) is 37.1. The number of hydrogen-bond acceptors (Lipinski definition) is 4. The molecular weight excluding hydrogens is 428 g/mol. The summed E-state index contributed by atoms with van der Waals surface area (Å²) >= 11 is 0. The fraction of sp³-hybridized carbons (Fsp3) is 0.500. The first-order chi connectivity index (χ1) is 21.5. The highest BCUT2D eigenvalue weighted by Gasteiger charge is 2.23. The maximum absolute atomic E-state index is 13.5. The fourth-order valence-electron chi connectivity index (χ4n) is 3.54. The number of carbonyl (C=O) groups excluding carboxylic acids is 1. The summed E-state index contributed by atoms with van der Waals surface area (Å²) in [5.41, 5.74) is -0.554. The largest absolute Gasteiger partial charge is 0.493 e. The lowest BCUT2D eigenvalue weighted by Crippen LogP contribution is -2.34. The topological polar surface area (TPSA) is 78.9 Å². The molecule has 2 N–H and O–H groups in total. The van der Waals surface area contributed by atoms with Gasteiger partial charge in [0.25, 0.3) is 0 Å². The molecule has 1 atom stereocenters. The van der Waals surface area contributed by atoms with Crippen molar-refractivity contribution in [1.29, 1.82) is 0 Å². The molecule has 2 aromatic carbocycles. The van der Waals surface area contributed by atoms with Gasteiger partial charge in [-0.2, -0.15) is 0 Å². The molecule has 1 aliphatic heterocycles. The van der Waals surface area contributed by atoms with Crippen molar-refractivity contribution in [2.24, 2.45) is 5.92 Å². The van der Waals surface area contributed by atoms with Crippen molar-refractivity contribution in [3.05, 3.63) is 59.2 Å². The number of carboxylic acids is 1. The minimum atomic E-state index is -3.61. The average molecular weight is 481 g/mol. The maximum atomic E-state index is 13.5. The van der Waals surface area contributed by atoms with E-state index in [0.29, 0.717) is 0 Å². The summed E-state index contributed by atoms with van der Waals surface area (Å²) in [7, 11) is 0. The molecule has 6 nitrogen and oxygen atoms in total. The van der Waals surface area contributed by atoms with Gasteiger partial charge in [0.2, 0.25) is 5.91 Å². The molecule has 0 saturated carbocycles. The molecule has 184 valence electrons. The van der Waals surface area contributed by atoms with Crippen LogP contribution in [0.25, 0.3) is 0 Å². The molecule has 1 heterocycles. The number of amides is 1. The molecule has 1 fully saturated rings. The van der Waals surface area contributed by atoms with Crippen LogP contribution < -0.4 is 15.0 Å².